The van der Waals surface area contributed by atoms with E-state index in [-0.39, 0.29) is 5.91 Å². The van der Waals surface area contributed by atoms with Gasteiger partial charge in [-0.15, -0.1) is 0 Å². The maximum Gasteiger partial charge on any atom is 0.223 e. The Kier molecular flexibility index (Phi) is 3.86. The second kappa shape index (κ2) is 5.63. The number of amides is 1. The maximum absolute atomic E-state index is 12.3. The maximum atomic E-state index is 12.3. The molecule has 2 fully saturated rings. The molecule has 3 nitrogen and oxygen atoms in total. The van der Waals surface area contributed by atoms with Crippen LogP contribution in [0.4, 0.5) is 0 Å². The standard InChI is InChI=1S/C17H25NO2/c1-12-11-15(12)16-8-6-14(20-16)7-9-17(19)18-10-4-3-5-13(18)2/h6,8,12-13,15H,3-5,7,9-11H2,1-2H3/t12-,13+,15+/m1/s1. The van der Waals surface area contributed by atoms with E-state index in [1.54, 1.807) is 0 Å². The lowest BCUT2D eigenvalue weighted by atomic mass is 10.0. The molecule has 20 heavy (non-hydrogen) atoms. The van der Waals surface area contributed by atoms with E-state index >= 15 is 0 Å². The first-order chi connectivity index (χ1) is 9.65. The second-order valence-electron chi connectivity index (χ2n) is 6.56. The van der Waals surface area contributed by atoms with Crippen molar-refractivity contribution in [2.75, 3.05) is 6.54 Å². The Morgan fingerprint density at radius 2 is 2.15 bits per heavy atom. The van der Waals surface area contributed by atoms with E-state index in [0.29, 0.717) is 18.4 Å². The first-order valence-corrected chi connectivity index (χ1v) is 8.03. The summed E-state index contributed by atoms with van der Waals surface area (Å²) in [6, 6.07) is 4.56. The van der Waals surface area contributed by atoms with Crippen molar-refractivity contribution in [3.63, 3.8) is 0 Å². The smallest absolute Gasteiger partial charge is 0.223 e. The quantitative estimate of drug-likeness (QED) is 0.838. The van der Waals surface area contributed by atoms with Gasteiger partial charge in [-0.1, -0.05) is 6.92 Å². The number of hydrogen-bond donors (Lipinski definition) is 0. The van der Waals surface area contributed by atoms with Gasteiger partial charge in [0.05, 0.1) is 0 Å². The molecule has 2 aliphatic rings. The van der Waals surface area contributed by atoms with Crippen molar-refractivity contribution in [1.82, 2.24) is 4.90 Å². The molecule has 3 heteroatoms. The van der Waals surface area contributed by atoms with E-state index in [1.807, 2.05) is 6.07 Å². The Labute approximate surface area is 121 Å². The number of carbonyl (C=O) groups is 1. The summed E-state index contributed by atoms with van der Waals surface area (Å²) in [6.07, 6.45) is 6.13. The van der Waals surface area contributed by atoms with Gasteiger partial charge >= 0.3 is 0 Å². The molecule has 1 aromatic heterocycles. The van der Waals surface area contributed by atoms with Crippen molar-refractivity contribution in [2.24, 2.45) is 5.92 Å². The molecule has 110 valence electrons. The molecule has 1 saturated heterocycles. The number of rotatable bonds is 4. The molecular weight excluding hydrogens is 250 g/mol. The van der Waals surface area contributed by atoms with Gasteiger partial charge in [-0.2, -0.15) is 0 Å². The molecule has 0 N–H and O–H groups in total. The van der Waals surface area contributed by atoms with E-state index in [1.165, 1.54) is 12.8 Å². The molecule has 3 rings (SSSR count). The lowest BCUT2D eigenvalue weighted by Gasteiger charge is -2.33. The van der Waals surface area contributed by atoms with Crippen molar-refractivity contribution in [3.05, 3.63) is 23.7 Å². The highest BCUT2D eigenvalue weighted by Crippen LogP contribution is 2.47. The van der Waals surface area contributed by atoms with Crippen molar-refractivity contribution in [3.8, 4) is 0 Å². The molecule has 0 bridgehead atoms. The summed E-state index contributed by atoms with van der Waals surface area (Å²) < 4.78 is 5.87. The van der Waals surface area contributed by atoms with Gasteiger partial charge in [0.15, 0.2) is 0 Å². The molecule has 1 amide bonds. The second-order valence-corrected chi connectivity index (χ2v) is 6.56. The van der Waals surface area contributed by atoms with Gasteiger partial charge in [-0.05, 0) is 50.7 Å². The molecule has 0 spiro atoms. The van der Waals surface area contributed by atoms with E-state index in [4.69, 9.17) is 4.42 Å². The summed E-state index contributed by atoms with van der Waals surface area (Å²) in [7, 11) is 0. The third kappa shape index (κ3) is 2.92. The zero-order valence-electron chi connectivity index (χ0n) is 12.6. The van der Waals surface area contributed by atoms with E-state index in [9.17, 15) is 4.79 Å². The van der Waals surface area contributed by atoms with E-state index < -0.39 is 0 Å². The van der Waals surface area contributed by atoms with Crippen LogP contribution < -0.4 is 0 Å². The fraction of sp³-hybridized carbons (Fsp3) is 0.706. The summed E-state index contributed by atoms with van der Waals surface area (Å²) in [6.45, 7) is 5.35. The zero-order valence-corrected chi connectivity index (χ0v) is 12.6. The fourth-order valence-corrected chi connectivity index (χ4v) is 3.29. The van der Waals surface area contributed by atoms with Crippen LogP contribution in [0.1, 0.15) is 63.4 Å². The normalized spacial score (nSPS) is 29.5. The first kappa shape index (κ1) is 13.7. The third-order valence-corrected chi connectivity index (χ3v) is 4.87. The van der Waals surface area contributed by atoms with Crippen LogP contribution in [0.15, 0.2) is 16.5 Å². The summed E-state index contributed by atoms with van der Waals surface area (Å²) in [5.74, 6) is 3.77. The molecule has 3 atom stereocenters. The number of piperidine rings is 1. The van der Waals surface area contributed by atoms with Gasteiger partial charge in [0.25, 0.3) is 0 Å². The Hall–Kier alpha value is -1.25. The summed E-state index contributed by atoms with van der Waals surface area (Å²) in [5.41, 5.74) is 0. The highest BCUT2D eigenvalue weighted by molar-refractivity contribution is 5.76. The Balaban J connectivity index is 1.51. The molecule has 1 aliphatic carbocycles. The van der Waals surface area contributed by atoms with Crippen LogP contribution in [0.2, 0.25) is 0 Å². The summed E-state index contributed by atoms with van der Waals surface area (Å²) in [4.78, 5) is 14.3. The number of aryl methyl sites for hydroxylation is 1. The third-order valence-electron chi connectivity index (χ3n) is 4.87. The SMILES string of the molecule is C[C@@H]1C[C@@H]1c1ccc(CCC(=O)N2CCCC[C@@H]2C)o1. The number of carbonyl (C=O) groups excluding carboxylic acids is 1. The number of likely N-dealkylation sites (tertiary alicyclic amines) is 1. The van der Waals surface area contributed by atoms with Crippen molar-refractivity contribution >= 4 is 5.91 Å². The molecule has 1 aromatic rings. The first-order valence-electron chi connectivity index (χ1n) is 8.03. The van der Waals surface area contributed by atoms with Crippen LogP contribution >= 0.6 is 0 Å². The molecule has 0 unspecified atom stereocenters. The van der Waals surface area contributed by atoms with Crippen LogP contribution in [0.5, 0.6) is 0 Å². The Morgan fingerprint density at radius 1 is 1.35 bits per heavy atom. The van der Waals surface area contributed by atoms with Gasteiger partial charge < -0.3 is 9.32 Å². The van der Waals surface area contributed by atoms with Crippen LogP contribution in [0.25, 0.3) is 0 Å². The average Bonchev–Trinajstić information content (AvgIpc) is 3.00. The Bertz CT molecular complexity index is 479. The summed E-state index contributed by atoms with van der Waals surface area (Å²) in [5, 5.41) is 0. The molecule has 1 saturated carbocycles. The summed E-state index contributed by atoms with van der Waals surface area (Å²) >= 11 is 0. The molecule has 2 heterocycles. The topological polar surface area (TPSA) is 33.5 Å². The largest absolute Gasteiger partial charge is 0.466 e. The van der Waals surface area contributed by atoms with Gasteiger partial charge in [0.1, 0.15) is 11.5 Å². The predicted octanol–water partition coefficient (Wildman–Crippen LogP) is 3.74. The van der Waals surface area contributed by atoms with Gasteiger partial charge in [0.2, 0.25) is 5.91 Å². The van der Waals surface area contributed by atoms with Gasteiger partial charge in [-0.25, -0.2) is 0 Å². The van der Waals surface area contributed by atoms with E-state index in [0.717, 1.165) is 43.2 Å². The molecule has 1 aliphatic heterocycles. The highest BCUT2D eigenvalue weighted by atomic mass is 16.3. The van der Waals surface area contributed by atoms with Crippen LogP contribution in [0.3, 0.4) is 0 Å². The number of hydrogen-bond acceptors (Lipinski definition) is 2. The fourth-order valence-electron chi connectivity index (χ4n) is 3.29. The number of furan rings is 1. The zero-order chi connectivity index (χ0) is 14.1. The minimum atomic E-state index is 0.287. The lowest BCUT2D eigenvalue weighted by Crippen LogP contribution is -2.42. The minimum absolute atomic E-state index is 0.287. The Morgan fingerprint density at radius 3 is 2.85 bits per heavy atom. The molecule has 0 aromatic carbocycles. The van der Waals surface area contributed by atoms with Crippen LogP contribution in [0, 0.1) is 5.92 Å². The minimum Gasteiger partial charge on any atom is -0.466 e. The highest BCUT2D eigenvalue weighted by Gasteiger charge is 2.36. The van der Waals surface area contributed by atoms with Crippen molar-refractivity contribution < 1.29 is 9.21 Å². The van der Waals surface area contributed by atoms with Gasteiger partial charge in [-0.3, -0.25) is 4.79 Å². The molecular formula is C17H25NO2. The van der Waals surface area contributed by atoms with Gasteiger partial charge in [0, 0.05) is 31.3 Å². The van der Waals surface area contributed by atoms with Crippen molar-refractivity contribution in [1.29, 1.82) is 0 Å². The average molecular weight is 275 g/mol. The van der Waals surface area contributed by atoms with Crippen LogP contribution in [-0.2, 0) is 11.2 Å². The monoisotopic (exact) mass is 275 g/mol. The molecule has 0 radical (unpaired) electrons. The predicted molar refractivity (Wildman–Crippen MR) is 78.6 cm³/mol. The lowest BCUT2D eigenvalue weighted by molar-refractivity contribution is -0.134. The van der Waals surface area contributed by atoms with E-state index in [2.05, 4.69) is 24.8 Å². The van der Waals surface area contributed by atoms with Crippen molar-refractivity contribution in [2.45, 2.75) is 64.3 Å². The van der Waals surface area contributed by atoms with Crippen LogP contribution in [-0.4, -0.2) is 23.4 Å². The number of nitrogens with zero attached hydrogens (tertiary/aromatic N) is 1.